The highest BCUT2D eigenvalue weighted by molar-refractivity contribution is 9.11. The summed E-state index contributed by atoms with van der Waals surface area (Å²) in [5.41, 5.74) is 2.60. The molecule has 4 heteroatoms. The summed E-state index contributed by atoms with van der Waals surface area (Å²) in [6.07, 6.45) is 3.73. The molecule has 1 aromatic carbocycles. The van der Waals surface area contributed by atoms with Crippen LogP contribution in [0.1, 0.15) is 50.3 Å². The van der Waals surface area contributed by atoms with Crippen molar-refractivity contribution in [2.45, 2.75) is 52.2 Å². The molecule has 1 fully saturated rings. The molecule has 2 nitrogen and oxygen atoms in total. The van der Waals surface area contributed by atoms with E-state index >= 15 is 0 Å². The van der Waals surface area contributed by atoms with Crippen LogP contribution in [0, 0.1) is 12.8 Å². The maximum Gasteiger partial charge on any atom is 0.0619 e. The molecule has 0 radical (unpaired) electrons. The highest BCUT2D eigenvalue weighted by atomic mass is 79.9. The van der Waals surface area contributed by atoms with Crippen molar-refractivity contribution in [2.24, 2.45) is 5.92 Å². The average Bonchev–Trinajstić information content (AvgIpc) is 2.93. The van der Waals surface area contributed by atoms with Gasteiger partial charge >= 0.3 is 0 Å². The van der Waals surface area contributed by atoms with E-state index in [2.05, 4.69) is 70.1 Å². The Morgan fingerprint density at radius 1 is 1.29 bits per heavy atom. The molecule has 1 N–H and O–H groups in total. The largest absolute Gasteiger partial charge is 0.378 e. The molecule has 3 atom stereocenters. The number of nitrogens with one attached hydrogen (secondary N) is 1. The van der Waals surface area contributed by atoms with Gasteiger partial charge in [-0.2, -0.15) is 0 Å². The summed E-state index contributed by atoms with van der Waals surface area (Å²) in [5.74, 6) is 0.549. The van der Waals surface area contributed by atoms with Gasteiger partial charge in [0.15, 0.2) is 0 Å². The minimum absolute atomic E-state index is 0.351. The summed E-state index contributed by atoms with van der Waals surface area (Å²) < 4.78 is 8.29. The van der Waals surface area contributed by atoms with Crippen molar-refractivity contribution < 1.29 is 4.74 Å². The Balaban J connectivity index is 2.33. The summed E-state index contributed by atoms with van der Waals surface area (Å²) in [6, 6.07) is 4.82. The van der Waals surface area contributed by atoms with Gasteiger partial charge in [0.05, 0.1) is 6.10 Å². The Labute approximate surface area is 145 Å². The van der Waals surface area contributed by atoms with E-state index in [-0.39, 0.29) is 0 Å². The van der Waals surface area contributed by atoms with Crippen LogP contribution >= 0.6 is 31.9 Å². The predicted molar refractivity (Wildman–Crippen MR) is 95.8 cm³/mol. The lowest BCUT2D eigenvalue weighted by atomic mass is 9.86. The van der Waals surface area contributed by atoms with Crippen LogP contribution in [-0.2, 0) is 4.74 Å². The van der Waals surface area contributed by atoms with Gasteiger partial charge in [0.1, 0.15) is 0 Å². The van der Waals surface area contributed by atoms with Gasteiger partial charge in [-0.25, -0.2) is 0 Å². The highest BCUT2D eigenvalue weighted by Gasteiger charge is 2.35. The smallest absolute Gasteiger partial charge is 0.0619 e. The first-order valence-electron chi connectivity index (χ1n) is 7.89. The molecule has 118 valence electrons. The molecule has 0 spiro atoms. The van der Waals surface area contributed by atoms with Gasteiger partial charge in [-0.15, -0.1) is 0 Å². The van der Waals surface area contributed by atoms with E-state index in [9.17, 15) is 0 Å². The first-order valence-corrected chi connectivity index (χ1v) is 9.47. The zero-order valence-corrected chi connectivity index (χ0v) is 16.3. The molecule has 0 aliphatic carbocycles. The molecule has 0 aromatic heterocycles. The summed E-state index contributed by atoms with van der Waals surface area (Å²) in [4.78, 5) is 0. The van der Waals surface area contributed by atoms with Crippen LogP contribution < -0.4 is 5.32 Å². The number of benzene rings is 1. The molecular formula is C17H25Br2NO. The summed E-state index contributed by atoms with van der Waals surface area (Å²) in [5, 5.41) is 3.75. The first kappa shape index (κ1) is 17.5. The molecule has 0 amide bonds. The monoisotopic (exact) mass is 417 g/mol. The number of halogens is 2. The number of hydrogen-bond donors (Lipinski definition) is 1. The zero-order valence-electron chi connectivity index (χ0n) is 13.1. The van der Waals surface area contributed by atoms with E-state index in [1.807, 2.05) is 0 Å². The molecule has 2 rings (SSSR count). The molecule has 1 heterocycles. The first-order chi connectivity index (χ1) is 10.1. The number of aryl methyl sites for hydroxylation is 1. The van der Waals surface area contributed by atoms with Crippen molar-refractivity contribution in [3.8, 4) is 0 Å². The predicted octanol–water partition coefficient (Wildman–Crippen LogP) is 5.38. The summed E-state index contributed by atoms with van der Waals surface area (Å²) in [6.45, 7) is 8.49. The molecule has 1 aliphatic rings. The number of rotatable bonds is 6. The Bertz CT molecular complexity index is 478. The summed E-state index contributed by atoms with van der Waals surface area (Å²) >= 11 is 7.44. The van der Waals surface area contributed by atoms with E-state index in [0.29, 0.717) is 18.1 Å². The van der Waals surface area contributed by atoms with E-state index < -0.39 is 0 Å². The van der Waals surface area contributed by atoms with Gasteiger partial charge in [0.25, 0.3) is 0 Å². The molecule has 1 aliphatic heterocycles. The second kappa shape index (κ2) is 8.09. The van der Waals surface area contributed by atoms with Gasteiger partial charge in [0.2, 0.25) is 0 Å². The Kier molecular flexibility index (Phi) is 6.73. The second-order valence-corrected chi connectivity index (χ2v) is 7.53. The SMILES string of the molecule is CCCNC(c1cc(Br)c(C)cc1Br)C1CCOC1CC. The van der Waals surface area contributed by atoms with Crippen LogP contribution in [0.2, 0.25) is 0 Å². The highest BCUT2D eigenvalue weighted by Crippen LogP contribution is 2.39. The Morgan fingerprint density at radius 2 is 2.05 bits per heavy atom. The fourth-order valence-corrected chi connectivity index (χ4v) is 4.22. The second-order valence-electron chi connectivity index (χ2n) is 5.82. The molecular weight excluding hydrogens is 394 g/mol. The van der Waals surface area contributed by atoms with E-state index in [1.54, 1.807) is 0 Å². The topological polar surface area (TPSA) is 21.3 Å². The fourth-order valence-electron chi connectivity index (χ4n) is 3.16. The Hall–Kier alpha value is 0.1000. The van der Waals surface area contributed by atoms with Crippen molar-refractivity contribution in [1.82, 2.24) is 5.32 Å². The maximum atomic E-state index is 5.92. The van der Waals surface area contributed by atoms with Crippen molar-refractivity contribution in [2.75, 3.05) is 13.2 Å². The van der Waals surface area contributed by atoms with Crippen molar-refractivity contribution in [3.05, 3.63) is 32.2 Å². The van der Waals surface area contributed by atoms with Crippen LogP contribution in [0.15, 0.2) is 21.1 Å². The molecule has 21 heavy (non-hydrogen) atoms. The zero-order chi connectivity index (χ0) is 15.4. The average molecular weight is 419 g/mol. The third kappa shape index (κ3) is 4.10. The number of ether oxygens (including phenoxy) is 1. The van der Waals surface area contributed by atoms with E-state index in [4.69, 9.17) is 4.74 Å². The van der Waals surface area contributed by atoms with Crippen molar-refractivity contribution in [1.29, 1.82) is 0 Å². The van der Waals surface area contributed by atoms with Crippen molar-refractivity contribution in [3.63, 3.8) is 0 Å². The fraction of sp³-hybridized carbons (Fsp3) is 0.647. The third-order valence-corrected chi connectivity index (χ3v) is 5.86. The molecule has 1 aromatic rings. The van der Waals surface area contributed by atoms with Crippen LogP contribution in [0.4, 0.5) is 0 Å². The van der Waals surface area contributed by atoms with Gasteiger partial charge in [-0.05, 0) is 56.0 Å². The van der Waals surface area contributed by atoms with Gasteiger partial charge < -0.3 is 10.1 Å². The van der Waals surface area contributed by atoms with Crippen LogP contribution in [0.3, 0.4) is 0 Å². The third-order valence-electron chi connectivity index (χ3n) is 4.32. The number of hydrogen-bond acceptors (Lipinski definition) is 2. The lowest BCUT2D eigenvalue weighted by molar-refractivity contribution is 0.0773. The van der Waals surface area contributed by atoms with Crippen LogP contribution in [0.25, 0.3) is 0 Å². The molecule has 0 saturated carbocycles. The normalized spacial score (nSPS) is 23.5. The molecule has 0 bridgehead atoms. The molecule has 1 saturated heterocycles. The molecule has 3 unspecified atom stereocenters. The quantitative estimate of drug-likeness (QED) is 0.669. The van der Waals surface area contributed by atoms with Crippen LogP contribution in [0.5, 0.6) is 0 Å². The van der Waals surface area contributed by atoms with Gasteiger partial charge in [-0.3, -0.25) is 0 Å². The standard InChI is InChI=1S/C17H25Br2NO/c1-4-7-20-17(12-6-8-21-16(12)5-2)13-10-14(18)11(3)9-15(13)19/h9-10,12,16-17,20H,4-8H2,1-3H3. The minimum Gasteiger partial charge on any atom is -0.378 e. The van der Waals surface area contributed by atoms with E-state index in [1.165, 1.54) is 20.1 Å². The Morgan fingerprint density at radius 3 is 2.71 bits per heavy atom. The lowest BCUT2D eigenvalue weighted by Crippen LogP contribution is -2.33. The van der Waals surface area contributed by atoms with Crippen LogP contribution in [-0.4, -0.2) is 19.3 Å². The summed E-state index contributed by atoms with van der Waals surface area (Å²) in [7, 11) is 0. The van der Waals surface area contributed by atoms with Gasteiger partial charge in [0, 0.05) is 27.5 Å². The van der Waals surface area contributed by atoms with Gasteiger partial charge in [-0.1, -0.05) is 45.7 Å². The maximum absolute atomic E-state index is 5.92. The minimum atomic E-state index is 0.351. The van der Waals surface area contributed by atoms with E-state index in [0.717, 1.165) is 32.4 Å². The lowest BCUT2D eigenvalue weighted by Gasteiger charge is -2.30. The van der Waals surface area contributed by atoms with Crippen molar-refractivity contribution >= 4 is 31.9 Å².